The lowest BCUT2D eigenvalue weighted by Gasteiger charge is -2.18. The van der Waals surface area contributed by atoms with E-state index in [0.29, 0.717) is 31.4 Å². The van der Waals surface area contributed by atoms with E-state index in [1.54, 1.807) is 0 Å². The maximum atomic E-state index is 6.09. The molecule has 0 amide bonds. The van der Waals surface area contributed by atoms with Crippen LogP contribution in [0.2, 0.25) is 0 Å². The molecule has 0 unspecified atom stereocenters. The second kappa shape index (κ2) is 16.8. The van der Waals surface area contributed by atoms with E-state index in [-0.39, 0.29) is 0 Å². The van der Waals surface area contributed by atoms with E-state index in [1.165, 1.54) is 32.6 Å². The summed E-state index contributed by atoms with van der Waals surface area (Å²) in [6.45, 7) is 1.54. The average Bonchev–Trinajstić information content (AvgIpc) is 3.06. The standard InChI is InChI=1S/C38H38O2Si2/c1-5-15-31(16-6-1)37(32-17-7-2-8-18-32)23-13-29-39-41-35-25-27-36(28-26-35)42-40-30-14-24-38(33-19-9-3-10-20-33)34-21-11-4-12-22-34/h1-12,15-22,25-28,37-38H,13-14,23-24,29-30H2. The topological polar surface area (TPSA) is 18.5 Å². The van der Waals surface area contributed by atoms with Crippen LogP contribution in [0.5, 0.6) is 0 Å². The summed E-state index contributed by atoms with van der Waals surface area (Å²) in [7, 11) is 0.742. The third-order valence-electron chi connectivity index (χ3n) is 7.55. The Kier molecular flexibility index (Phi) is 12.0. The third kappa shape index (κ3) is 9.23. The van der Waals surface area contributed by atoms with Crippen LogP contribution >= 0.6 is 0 Å². The van der Waals surface area contributed by atoms with Crippen LogP contribution in [0.4, 0.5) is 0 Å². The summed E-state index contributed by atoms with van der Waals surface area (Å²) in [4.78, 5) is 0. The Hall–Kier alpha value is -3.55. The van der Waals surface area contributed by atoms with E-state index >= 15 is 0 Å². The summed E-state index contributed by atoms with van der Waals surface area (Å²) in [6, 6.07) is 52.0. The first-order valence-corrected chi connectivity index (χ1v) is 16.7. The van der Waals surface area contributed by atoms with E-state index < -0.39 is 0 Å². The van der Waals surface area contributed by atoms with Crippen molar-refractivity contribution in [2.75, 3.05) is 13.2 Å². The molecule has 5 aromatic carbocycles. The summed E-state index contributed by atoms with van der Waals surface area (Å²) < 4.78 is 12.2. The molecule has 210 valence electrons. The van der Waals surface area contributed by atoms with Gasteiger partial charge in [0.25, 0.3) is 19.5 Å². The number of hydrogen-bond donors (Lipinski definition) is 0. The first-order chi connectivity index (χ1) is 20.9. The van der Waals surface area contributed by atoms with Gasteiger partial charge in [0.05, 0.1) is 0 Å². The van der Waals surface area contributed by atoms with Crippen LogP contribution in [-0.4, -0.2) is 32.7 Å². The van der Waals surface area contributed by atoms with Gasteiger partial charge < -0.3 is 8.85 Å². The van der Waals surface area contributed by atoms with E-state index in [9.17, 15) is 0 Å². The van der Waals surface area contributed by atoms with Crippen molar-refractivity contribution in [3.63, 3.8) is 0 Å². The Morgan fingerprint density at radius 1 is 0.381 bits per heavy atom. The van der Waals surface area contributed by atoms with Crippen LogP contribution in [0.25, 0.3) is 0 Å². The Labute approximate surface area is 256 Å². The Bertz CT molecular complexity index is 1220. The molecule has 4 radical (unpaired) electrons. The third-order valence-corrected chi connectivity index (χ3v) is 9.39. The Morgan fingerprint density at radius 2 is 0.667 bits per heavy atom. The highest BCUT2D eigenvalue weighted by Crippen LogP contribution is 2.30. The zero-order chi connectivity index (χ0) is 28.7. The molecule has 5 aromatic rings. The average molecular weight is 583 g/mol. The molecule has 0 aromatic heterocycles. The van der Waals surface area contributed by atoms with Crippen molar-refractivity contribution in [3.05, 3.63) is 168 Å². The van der Waals surface area contributed by atoms with Crippen LogP contribution in [0.1, 0.15) is 59.8 Å². The van der Waals surface area contributed by atoms with E-state index in [2.05, 4.69) is 146 Å². The number of rotatable bonds is 16. The van der Waals surface area contributed by atoms with Gasteiger partial charge in [0.1, 0.15) is 0 Å². The SMILES string of the molecule is c1ccc(C(CCCO[Si]c2ccc([Si]OCCCC(c3ccccc3)c3ccccc3)cc2)c2ccccc2)cc1. The van der Waals surface area contributed by atoms with Crippen LogP contribution in [0.3, 0.4) is 0 Å². The van der Waals surface area contributed by atoms with Gasteiger partial charge in [-0.05, 0) is 58.3 Å². The lowest BCUT2D eigenvalue weighted by Crippen LogP contribution is -2.24. The predicted molar refractivity (Wildman–Crippen MR) is 177 cm³/mol. The van der Waals surface area contributed by atoms with E-state index in [0.717, 1.165) is 38.9 Å². The lowest BCUT2D eigenvalue weighted by atomic mass is 9.88. The van der Waals surface area contributed by atoms with Gasteiger partial charge >= 0.3 is 0 Å². The highest BCUT2D eigenvalue weighted by Gasteiger charge is 2.14. The summed E-state index contributed by atoms with van der Waals surface area (Å²) >= 11 is 0. The van der Waals surface area contributed by atoms with Crippen molar-refractivity contribution in [2.24, 2.45) is 0 Å². The molecule has 0 aliphatic carbocycles. The summed E-state index contributed by atoms with van der Waals surface area (Å²) in [5, 5.41) is 2.47. The normalized spacial score (nSPS) is 11.3. The van der Waals surface area contributed by atoms with Gasteiger partial charge in [0.15, 0.2) is 0 Å². The van der Waals surface area contributed by atoms with Crippen LogP contribution in [-0.2, 0) is 8.85 Å². The molecule has 0 saturated heterocycles. The molecule has 0 spiro atoms. The number of hydrogen-bond acceptors (Lipinski definition) is 2. The first-order valence-electron chi connectivity index (χ1n) is 14.9. The fourth-order valence-corrected chi connectivity index (χ4v) is 6.82. The molecule has 0 atom stereocenters. The van der Waals surface area contributed by atoms with Crippen molar-refractivity contribution in [2.45, 2.75) is 37.5 Å². The monoisotopic (exact) mass is 582 g/mol. The highest BCUT2D eigenvalue weighted by atomic mass is 28.2. The minimum atomic E-state index is 0.371. The van der Waals surface area contributed by atoms with E-state index in [1.807, 2.05) is 0 Å². The van der Waals surface area contributed by atoms with Gasteiger partial charge in [0, 0.05) is 25.0 Å². The molecule has 0 heterocycles. The first kappa shape index (κ1) is 29.9. The maximum absolute atomic E-state index is 6.09. The fourth-order valence-electron chi connectivity index (χ4n) is 5.39. The summed E-state index contributed by atoms with van der Waals surface area (Å²) in [6.07, 6.45) is 4.22. The smallest absolute Gasteiger partial charge is 0.268 e. The maximum Gasteiger partial charge on any atom is 0.268 e. The Morgan fingerprint density at radius 3 is 0.952 bits per heavy atom. The predicted octanol–water partition coefficient (Wildman–Crippen LogP) is 7.43. The van der Waals surface area contributed by atoms with Crippen LogP contribution in [0, 0.1) is 0 Å². The van der Waals surface area contributed by atoms with E-state index in [4.69, 9.17) is 8.85 Å². The highest BCUT2D eigenvalue weighted by molar-refractivity contribution is 6.49. The molecule has 42 heavy (non-hydrogen) atoms. The molecule has 0 fully saturated rings. The second-order valence-corrected chi connectivity index (χ2v) is 12.7. The molecular weight excluding hydrogens is 545 g/mol. The molecule has 0 bridgehead atoms. The quantitative estimate of drug-likeness (QED) is 0.0890. The van der Waals surface area contributed by atoms with Gasteiger partial charge in [-0.2, -0.15) is 0 Å². The largest absolute Gasteiger partial charge is 0.411 e. The van der Waals surface area contributed by atoms with Gasteiger partial charge in [0.2, 0.25) is 0 Å². The van der Waals surface area contributed by atoms with Gasteiger partial charge in [-0.25, -0.2) is 0 Å². The molecular formula is C38H38O2Si2. The summed E-state index contributed by atoms with van der Waals surface area (Å²) in [5.41, 5.74) is 5.49. The minimum absolute atomic E-state index is 0.371. The van der Waals surface area contributed by atoms with Crippen molar-refractivity contribution in [1.82, 2.24) is 0 Å². The molecule has 2 nitrogen and oxygen atoms in total. The van der Waals surface area contributed by atoms with Gasteiger partial charge in [-0.3, -0.25) is 0 Å². The van der Waals surface area contributed by atoms with Crippen LogP contribution in [0.15, 0.2) is 146 Å². The van der Waals surface area contributed by atoms with Crippen molar-refractivity contribution in [1.29, 1.82) is 0 Å². The van der Waals surface area contributed by atoms with Gasteiger partial charge in [-0.1, -0.05) is 146 Å². The zero-order valence-corrected chi connectivity index (χ0v) is 26.1. The molecule has 0 aliphatic rings. The molecule has 0 saturated carbocycles. The lowest BCUT2D eigenvalue weighted by molar-refractivity contribution is 0.325. The van der Waals surface area contributed by atoms with Crippen molar-refractivity contribution < 1.29 is 8.85 Å². The zero-order valence-electron chi connectivity index (χ0n) is 24.1. The van der Waals surface area contributed by atoms with Crippen molar-refractivity contribution in [3.8, 4) is 0 Å². The minimum Gasteiger partial charge on any atom is -0.411 e. The van der Waals surface area contributed by atoms with Crippen LogP contribution < -0.4 is 10.4 Å². The number of benzene rings is 5. The van der Waals surface area contributed by atoms with Crippen molar-refractivity contribution >= 4 is 29.9 Å². The molecule has 0 N–H and O–H groups in total. The molecule has 0 aliphatic heterocycles. The molecule has 5 rings (SSSR count). The second-order valence-electron chi connectivity index (χ2n) is 10.5. The fraction of sp³-hybridized carbons (Fsp3) is 0.211. The van der Waals surface area contributed by atoms with Gasteiger partial charge in [-0.15, -0.1) is 0 Å². The molecule has 4 heteroatoms. The Balaban J connectivity index is 1.01. The summed E-state index contributed by atoms with van der Waals surface area (Å²) in [5.74, 6) is 0.810.